The van der Waals surface area contributed by atoms with Crippen LogP contribution < -0.4 is 0 Å². The molecule has 0 bridgehead atoms. The molecular formula is C10H12OS. The largest absolute Gasteiger partial charge is 0.293 e. The van der Waals surface area contributed by atoms with Gasteiger partial charge in [0.05, 0.1) is 4.88 Å². The van der Waals surface area contributed by atoms with Gasteiger partial charge in [-0.05, 0) is 29.3 Å². The van der Waals surface area contributed by atoms with Crippen molar-refractivity contribution in [1.82, 2.24) is 0 Å². The van der Waals surface area contributed by atoms with Crippen LogP contribution >= 0.6 is 11.3 Å². The number of carbonyl (C=O) groups excluding carboxylic acids is 1. The number of rotatable bonds is 0. The molecule has 2 heteroatoms. The van der Waals surface area contributed by atoms with Crippen molar-refractivity contribution in [2.75, 3.05) is 0 Å². The maximum atomic E-state index is 11.6. The van der Waals surface area contributed by atoms with Crippen molar-refractivity contribution in [2.45, 2.75) is 26.7 Å². The molecule has 0 saturated heterocycles. The van der Waals surface area contributed by atoms with Gasteiger partial charge in [0.25, 0.3) is 0 Å². The van der Waals surface area contributed by atoms with E-state index in [1.54, 1.807) is 11.3 Å². The molecule has 0 fully saturated rings. The molecule has 2 atom stereocenters. The van der Waals surface area contributed by atoms with E-state index in [0.29, 0.717) is 11.7 Å². The summed E-state index contributed by atoms with van der Waals surface area (Å²) < 4.78 is 0. The molecule has 0 spiro atoms. The maximum absolute atomic E-state index is 11.6. The zero-order valence-electron chi connectivity index (χ0n) is 7.55. The van der Waals surface area contributed by atoms with Crippen molar-refractivity contribution >= 4 is 17.1 Å². The highest BCUT2D eigenvalue weighted by Gasteiger charge is 2.35. The van der Waals surface area contributed by atoms with E-state index in [0.717, 1.165) is 4.88 Å². The van der Waals surface area contributed by atoms with E-state index in [4.69, 9.17) is 0 Å². The summed E-state index contributed by atoms with van der Waals surface area (Å²) in [4.78, 5) is 12.6. The second-order valence-corrected chi connectivity index (χ2v) is 4.48. The van der Waals surface area contributed by atoms with E-state index in [1.165, 1.54) is 11.1 Å². The van der Waals surface area contributed by atoms with Crippen LogP contribution in [0.25, 0.3) is 0 Å². The number of aryl methyl sites for hydroxylation is 1. The van der Waals surface area contributed by atoms with Crippen LogP contribution in [0.1, 0.15) is 40.6 Å². The highest BCUT2D eigenvalue weighted by molar-refractivity contribution is 7.12. The fourth-order valence-electron chi connectivity index (χ4n) is 1.89. The predicted molar refractivity (Wildman–Crippen MR) is 51.0 cm³/mol. The second kappa shape index (κ2) is 2.43. The molecule has 0 aromatic carbocycles. The van der Waals surface area contributed by atoms with E-state index < -0.39 is 0 Å². The lowest BCUT2D eigenvalue weighted by Crippen LogP contribution is -2.06. The predicted octanol–water partition coefficient (Wildman–Crippen LogP) is 2.99. The molecule has 1 aromatic rings. The molecule has 2 rings (SSSR count). The van der Waals surface area contributed by atoms with Crippen molar-refractivity contribution in [1.29, 1.82) is 0 Å². The van der Waals surface area contributed by atoms with Gasteiger partial charge in [0, 0.05) is 5.92 Å². The van der Waals surface area contributed by atoms with Crippen molar-refractivity contribution in [2.24, 2.45) is 5.92 Å². The number of fused-ring (bicyclic) bond motifs is 1. The molecule has 0 N–H and O–H groups in total. The molecule has 0 saturated carbocycles. The fourth-order valence-corrected chi connectivity index (χ4v) is 3.09. The summed E-state index contributed by atoms with van der Waals surface area (Å²) in [6.07, 6.45) is 0. The van der Waals surface area contributed by atoms with Gasteiger partial charge in [-0.15, -0.1) is 11.3 Å². The van der Waals surface area contributed by atoms with Gasteiger partial charge in [-0.1, -0.05) is 13.8 Å². The van der Waals surface area contributed by atoms with E-state index in [-0.39, 0.29) is 5.92 Å². The average molecular weight is 180 g/mol. The molecule has 1 heterocycles. The summed E-state index contributed by atoms with van der Waals surface area (Å²) >= 11 is 1.60. The zero-order chi connectivity index (χ0) is 8.88. The van der Waals surface area contributed by atoms with E-state index in [2.05, 4.69) is 19.2 Å². The molecule has 1 nitrogen and oxygen atoms in total. The number of hydrogen-bond acceptors (Lipinski definition) is 2. The molecular weight excluding hydrogens is 168 g/mol. The monoisotopic (exact) mass is 180 g/mol. The first kappa shape index (κ1) is 7.99. The van der Waals surface area contributed by atoms with Crippen LogP contribution in [0, 0.1) is 12.8 Å². The van der Waals surface area contributed by atoms with E-state index in [9.17, 15) is 4.79 Å². The summed E-state index contributed by atoms with van der Waals surface area (Å²) in [5, 5.41) is 2.09. The van der Waals surface area contributed by atoms with Gasteiger partial charge in [-0.25, -0.2) is 0 Å². The Labute approximate surface area is 76.4 Å². The molecule has 64 valence electrons. The highest BCUT2D eigenvalue weighted by atomic mass is 32.1. The normalized spacial score (nSPS) is 27.8. The fraction of sp³-hybridized carbons (Fsp3) is 0.500. The molecule has 0 aliphatic heterocycles. The Bertz CT molecular complexity index is 338. The molecule has 0 amide bonds. The Morgan fingerprint density at radius 2 is 2.00 bits per heavy atom. The lowest BCUT2D eigenvalue weighted by atomic mass is 9.95. The molecule has 1 aliphatic carbocycles. The van der Waals surface area contributed by atoms with Crippen LogP contribution in [0.15, 0.2) is 5.38 Å². The standard InChI is InChI=1S/C10H12OS/c1-5-4-12-10-8(5)6(2)7(3)9(10)11/h4,6-7H,1-3H3. The lowest BCUT2D eigenvalue weighted by Gasteiger charge is -2.08. The van der Waals surface area contributed by atoms with Gasteiger partial charge in [-0.2, -0.15) is 0 Å². The topological polar surface area (TPSA) is 17.1 Å². The third-order valence-electron chi connectivity index (χ3n) is 2.87. The highest BCUT2D eigenvalue weighted by Crippen LogP contribution is 2.42. The Kier molecular flexibility index (Phi) is 1.62. The van der Waals surface area contributed by atoms with Crippen molar-refractivity contribution in [3.63, 3.8) is 0 Å². The summed E-state index contributed by atoms with van der Waals surface area (Å²) in [6, 6.07) is 0. The van der Waals surface area contributed by atoms with Crippen molar-refractivity contribution in [3.05, 3.63) is 21.4 Å². The molecule has 1 aliphatic rings. The van der Waals surface area contributed by atoms with E-state index in [1.807, 2.05) is 6.92 Å². The van der Waals surface area contributed by atoms with Crippen LogP contribution in [-0.4, -0.2) is 5.78 Å². The molecule has 1 aromatic heterocycles. The van der Waals surface area contributed by atoms with Gasteiger partial charge in [0.15, 0.2) is 5.78 Å². The Morgan fingerprint density at radius 1 is 1.33 bits per heavy atom. The minimum absolute atomic E-state index is 0.200. The summed E-state index contributed by atoms with van der Waals surface area (Å²) in [6.45, 7) is 6.27. The van der Waals surface area contributed by atoms with E-state index >= 15 is 0 Å². The molecule has 2 unspecified atom stereocenters. The van der Waals surface area contributed by atoms with Crippen LogP contribution in [0.5, 0.6) is 0 Å². The number of ketones is 1. The van der Waals surface area contributed by atoms with Crippen LogP contribution in [0.4, 0.5) is 0 Å². The van der Waals surface area contributed by atoms with Gasteiger partial charge in [0.2, 0.25) is 0 Å². The number of carbonyl (C=O) groups is 1. The maximum Gasteiger partial charge on any atom is 0.176 e. The third-order valence-corrected chi connectivity index (χ3v) is 3.99. The van der Waals surface area contributed by atoms with Crippen LogP contribution in [-0.2, 0) is 0 Å². The molecule has 0 radical (unpaired) electrons. The van der Waals surface area contributed by atoms with Crippen LogP contribution in [0.2, 0.25) is 0 Å². The SMILES string of the molecule is Cc1csc2c1C(C)C(C)C2=O. The average Bonchev–Trinajstić information content (AvgIpc) is 2.51. The van der Waals surface area contributed by atoms with Crippen LogP contribution in [0.3, 0.4) is 0 Å². The quantitative estimate of drug-likeness (QED) is 0.600. The first-order chi connectivity index (χ1) is 5.63. The number of thiophene rings is 1. The number of hydrogen-bond donors (Lipinski definition) is 0. The molecule has 12 heavy (non-hydrogen) atoms. The second-order valence-electron chi connectivity index (χ2n) is 3.60. The van der Waals surface area contributed by atoms with Crippen molar-refractivity contribution in [3.8, 4) is 0 Å². The van der Waals surface area contributed by atoms with Gasteiger partial charge >= 0.3 is 0 Å². The first-order valence-corrected chi connectivity index (χ1v) is 5.13. The zero-order valence-corrected chi connectivity index (χ0v) is 8.37. The van der Waals surface area contributed by atoms with Gasteiger partial charge < -0.3 is 0 Å². The summed E-state index contributed by atoms with van der Waals surface area (Å²) in [5.74, 6) is 0.973. The Hall–Kier alpha value is -0.630. The Morgan fingerprint density at radius 3 is 2.58 bits per heavy atom. The summed E-state index contributed by atoms with van der Waals surface area (Å²) in [7, 11) is 0. The Balaban J connectivity index is 2.61. The van der Waals surface area contributed by atoms with Gasteiger partial charge in [-0.3, -0.25) is 4.79 Å². The minimum Gasteiger partial charge on any atom is -0.293 e. The third kappa shape index (κ3) is 0.816. The van der Waals surface area contributed by atoms with Crippen molar-refractivity contribution < 1.29 is 4.79 Å². The summed E-state index contributed by atoms with van der Waals surface area (Å²) in [5.41, 5.74) is 2.60. The minimum atomic E-state index is 0.200. The van der Waals surface area contributed by atoms with Gasteiger partial charge in [0.1, 0.15) is 0 Å². The number of Topliss-reactive ketones (excluding diaryl/α,β-unsaturated/α-hetero) is 1. The smallest absolute Gasteiger partial charge is 0.176 e. The first-order valence-electron chi connectivity index (χ1n) is 4.25. The lowest BCUT2D eigenvalue weighted by molar-refractivity contribution is 0.0940.